The fraction of sp³-hybridized carbons (Fsp3) is 0.375. The minimum absolute atomic E-state index is 0.190. The molecule has 5 heteroatoms. The van der Waals surface area contributed by atoms with E-state index < -0.39 is 0 Å². The highest BCUT2D eigenvalue weighted by atomic mass is 16.4. The van der Waals surface area contributed by atoms with Gasteiger partial charge in [-0.1, -0.05) is 19.1 Å². The van der Waals surface area contributed by atoms with Crippen molar-refractivity contribution in [3.8, 4) is 5.75 Å². The van der Waals surface area contributed by atoms with Crippen molar-refractivity contribution >= 4 is 16.7 Å². The highest BCUT2D eigenvalue weighted by molar-refractivity contribution is 5.82. The third-order valence-electron chi connectivity index (χ3n) is 6.24. The fourth-order valence-electron chi connectivity index (χ4n) is 4.32. The van der Waals surface area contributed by atoms with Crippen LogP contribution >= 0.6 is 0 Å². The molecule has 2 aromatic carbocycles. The predicted octanol–water partition coefficient (Wildman–Crippen LogP) is 2.58. The maximum atomic E-state index is 12.1. The van der Waals surface area contributed by atoms with Crippen molar-refractivity contribution in [3.05, 3.63) is 69.1 Å². The molecule has 1 fully saturated rings. The van der Waals surface area contributed by atoms with Crippen LogP contribution in [0.4, 0.5) is 5.69 Å². The fourth-order valence-corrected chi connectivity index (χ4v) is 4.32. The maximum Gasteiger partial charge on any atom is 0.336 e. The molecule has 152 valence electrons. The molecular weight excluding hydrogens is 364 g/mol. The Hall–Kier alpha value is -2.79. The van der Waals surface area contributed by atoms with E-state index in [1.165, 1.54) is 21.7 Å². The number of phenols is 1. The summed E-state index contributed by atoms with van der Waals surface area (Å²) in [6, 6.07) is 11.7. The van der Waals surface area contributed by atoms with Gasteiger partial charge in [0.05, 0.1) is 26.2 Å². The molecule has 0 unspecified atom stereocenters. The first-order chi connectivity index (χ1) is 14.0. The molecule has 1 aromatic heterocycles. The first-order valence-corrected chi connectivity index (χ1v) is 10.4. The highest BCUT2D eigenvalue weighted by Gasteiger charge is 2.23. The van der Waals surface area contributed by atoms with Gasteiger partial charge in [0.2, 0.25) is 0 Å². The molecule has 0 spiro atoms. The van der Waals surface area contributed by atoms with Gasteiger partial charge in [0, 0.05) is 28.8 Å². The number of hydrogen-bond acceptors (Lipinski definition) is 4. The van der Waals surface area contributed by atoms with Gasteiger partial charge < -0.3 is 19.3 Å². The number of anilines is 1. The second-order valence-corrected chi connectivity index (χ2v) is 8.05. The van der Waals surface area contributed by atoms with Crippen molar-refractivity contribution < 1.29 is 14.4 Å². The van der Waals surface area contributed by atoms with E-state index in [1.54, 1.807) is 12.1 Å². The lowest BCUT2D eigenvalue weighted by molar-refractivity contribution is -0.914. The predicted molar refractivity (Wildman–Crippen MR) is 116 cm³/mol. The lowest BCUT2D eigenvalue weighted by Gasteiger charge is -2.34. The van der Waals surface area contributed by atoms with E-state index in [0.717, 1.165) is 55.7 Å². The summed E-state index contributed by atoms with van der Waals surface area (Å²) in [6.07, 6.45) is 0.738. The molecule has 5 nitrogen and oxygen atoms in total. The smallest absolute Gasteiger partial charge is 0.336 e. The molecule has 1 aliphatic heterocycles. The molecule has 2 N–H and O–H groups in total. The number of aromatic hydroxyl groups is 1. The number of aryl methyl sites for hydroxylation is 2. The lowest BCUT2D eigenvalue weighted by Crippen LogP contribution is -3.13. The van der Waals surface area contributed by atoms with Crippen LogP contribution in [0, 0.1) is 13.8 Å². The quantitative estimate of drug-likeness (QED) is 0.669. The monoisotopic (exact) mass is 393 g/mol. The van der Waals surface area contributed by atoms with Crippen molar-refractivity contribution in [2.45, 2.75) is 33.7 Å². The zero-order valence-corrected chi connectivity index (χ0v) is 17.4. The molecule has 3 aromatic rings. The summed E-state index contributed by atoms with van der Waals surface area (Å²) in [6.45, 7) is 11.2. The summed E-state index contributed by atoms with van der Waals surface area (Å²) >= 11 is 0. The van der Waals surface area contributed by atoms with Gasteiger partial charge in [-0.2, -0.15) is 0 Å². The van der Waals surface area contributed by atoms with Crippen LogP contribution in [-0.4, -0.2) is 31.3 Å². The average molecular weight is 394 g/mol. The third-order valence-corrected chi connectivity index (χ3v) is 6.24. The molecule has 0 saturated carbocycles. The Kier molecular flexibility index (Phi) is 5.33. The van der Waals surface area contributed by atoms with E-state index >= 15 is 0 Å². The van der Waals surface area contributed by atoms with Crippen LogP contribution in [0.15, 0.2) is 45.6 Å². The molecule has 1 aliphatic rings. The zero-order chi connectivity index (χ0) is 20.5. The van der Waals surface area contributed by atoms with Gasteiger partial charge in [-0.05, 0) is 49.1 Å². The summed E-state index contributed by atoms with van der Waals surface area (Å²) in [7, 11) is 0. The van der Waals surface area contributed by atoms with E-state index in [1.807, 2.05) is 13.0 Å². The van der Waals surface area contributed by atoms with E-state index in [-0.39, 0.29) is 11.4 Å². The van der Waals surface area contributed by atoms with Crippen molar-refractivity contribution in [1.82, 2.24) is 0 Å². The lowest BCUT2D eigenvalue weighted by atomic mass is 10.0. The number of phenolic OH excluding ortho intramolecular Hbond substituents is 1. The molecular formula is C24H29N2O3+. The number of quaternary nitrogens is 1. The number of nitrogens with zero attached hydrogens (tertiary/aromatic N) is 1. The van der Waals surface area contributed by atoms with Gasteiger partial charge in [-0.25, -0.2) is 4.79 Å². The van der Waals surface area contributed by atoms with Gasteiger partial charge in [-0.3, -0.25) is 0 Å². The summed E-state index contributed by atoms with van der Waals surface area (Å²) in [5.74, 6) is 0.190. The first kappa shape index (κ1) is 19.5. The Morgan fingerprint density at radius 3 is 2.59 bits per heavy atom. The molecule has 0 radical (unpaired) electrons. The van der Waals surface area contributed by atoms with Crippen LogP contribution in [0.1, 0.15) is 29.2 Å². The van der Waals surface area contributed by atoms with Crippen molar-refractivity contribution in [2.24, 2.45) is 0 Å². The van der Waals surface area contributed by atoms with Crippen molar-refractivity contribution in [3.63, 3.8) is 0 Å². The minimum Gasteiger partial charge on any atom is -0.508 e. The van der Waals surface area contributed by atoms with Gasteiger partial charge in [0.15, 0.2) is 0 Å². The van der Waals surface area contributed by atoms with Crippen molar-refractivity contribution in [1.29, 1.82) is 0 Å². The summed E-state index contributed by atoms with van der Waals surface area (Å²) in [5.41, 5.74) is 6.01. The van der Waals surface area contributed by atoms with Crippen LogP contribution < -0.4 is 15.4 Å². The third kappa shape index (κ3) is 3.87. The highest BCUT2D eigenvalue weighted by Crippen LogP contribution is 2.27. The largest absolute Gasteiger partial charge is 0.508 e. The van der Waals surface area contributed by atoms with Gasteiger partial charge >= 0.3 is 5.63 Å². The molecule has 0 atom stereocenters. The van der Waals surface area contributed by atoms with Crippen molar-refractivity contribution in [2.75, 3.05) is 31.1 Å². The second kappa shape index (κ2) is 7.91. The van der Waals surface area contributed by atoms with Gasteiger partial charge in [0.1, 0.15) is 17.9 Å². The SMILES string of the molecule is CCc1cc2c(C[NH+]3CCN(c4cccc(C)c4C)CC3)cc(=O)oc2cc1O. The summed E-state index contributed by atoms with van der Waals surface area (Å²) in [5, 5.41) is 11.1. The molecule has 1 saturated heterocycles. The Labute approximate surface area is 171 Å². The van der Waals surface area contributed by atoms with Crippen LogP contribution in [0.3, 0.4) is 0 Å². The van der Waals surface area contributed by atoms with Crippen LogP contribution in [-0.2, 0) is 13.0 Å². The normalized spacial score (nSPS) is 15.2. The Morgan fingerprint density at radius 1 is 1.10 bits per heavy atom. The molecule has 0 amide bonds. The standard InChI is InChI=1S/C24H28N2O3/c1-4-18-12-20-19(13-24(28)29-23(20)14-22(18)27)15-25-8-10-26(11-9-25)21-7-5-6-16(2)17(21)3/h5-7,12-14,27H,4,8-11,15H2,1-3H3/p+1. The Morgan fingerprint density at radius 2 is 1.86 bits per heavy atom. The first-order valence-electron chi connectivity index (χ1n) is 10.4. The van der Waals surface area contributed by atoms with Crippen LogP contribution in [0.5, 0.6) is 5.75 Å². The zero-order valence-electron chi connectivity index (χ0n) is 17.4. The molecule has 0 bridgehead atoms. The average Bonchev–Trinajstić information content (AvgIpc) is 2.70. The molecule has 0 aliphatic carbocycles. The number of benzene rings is 2. The van der Waals surface area contributed by atoms with E-state index in [0.29, 0.717) is 5.58 Å². The molecule has 2 heterocycles. The Balaban J connectivity index is 1.54. The number of fused-ring (bicyclic) bond motifs is 1. The molecule has 4 rings (SSSR count). The van der Waals surface area contributed by atoms with Gasteiger partial charge in [0.25, 0.3) is 0 Å². The topological polar surface area (TPSA) is 58.1 Å². The number of piperazine rings is 1. The number of hydrogen-bond donors (Lipinski definition) is 2. The van der Waals surface area contributed by atoms with E-state index in [2.05, 4.69) is 36.9 Å². The van der Waals surface area contributed by atoms with Gasteiger partial charge in [-0.15, -0.1) is 0 Å². The van der Waals surface area contributed by atoms with E-state index in [9.17, 15) is 9.90 Å². The summed E-state index contributed by atoms with van der Waals surface area (Å²) < 4.78 is 5.34. The molecule has 29 heavy (non-hydrogen) atoms. The maximum absolute atomic E-state index is 12.1. The van der Waals surface area contributed by atoms with Crippen LogP contribution in [0.25, 0.3) is 11.0 Å². The summed E-state index contributed by atoms with van der Waals surface area (Å²) in [4.78, 5) is 16.0. The number of nitrogens with one attached hydrogen (secondary N) is 1. The minimum atomic E-state index is -0.357. The second-order valence-electron chi connectivity index (χ2n) is 8.05. The van der Waals surface area contributed by atoms with E-state index in [4.69, 9.17) is 4.42 Å². The Bertz CT molecular complexity index is 1100. The van der Waals surface area contributed by atoms with Crippen LogP contribution in [0.2, 0.25) is 0 Å². The number of rotatable bonds is 4.